The lowest BCUT2D eigenvalue weighted by Crippen LogP contribution is -2.25. The molecule has 18 heavy (non-hydrogen) atoms. The molecule has 4 heteroatoms. The number of rotatable bonds is 6. The maximum atomic E-state index is 13.6. The third kappa shape index (κ3) is 4.27. The van der Waals surface area contributed by atoms with Crippen molar-refractivity contribution in [3.05, 3.63) is 29.6 Å². The predicted octanol–water partition coefficient (Wildman–Crippen LogP) is 3.07. The lowest BCUT2D eigenvalue weighted by Gasteiger charge is -2.22. The predicted molar refractivity (Wildman–Crippen MR) is 68.2 cm³/mol. The fourth-order valence-corrected chi connectivity index (χ4v) is 1.45. The standard InChI is InChI=1S/C14H21FO3/c1-10(16)12-6-5-11(9-13(12)15)18-8-7-14(2,3)17-4/h5-6,9-10,16H,7-8H2,1-4H3/t10-/m1/s1. The van der Waals surface area contributed by atoms with E-state index in [-0.39, 0.29) is 11.2 Å². The molecule has 0 fully saturated rings. The van der Waals surface area contributed by atoms with Gasteiger partial charge in [-0.3, -0.25) is 0 Å². The number of hydrogen-bond donors (Lipinski definition) is 1. The first-order chi connectivity index (χ1) is 8.35. The molecule has 1 aromatic rings. The molecule has 0 saturated heterocycles. The maximum absolute atomic E-state index is 13.6. The molecule has 0 radical (unpaired) electrons. The van der Waals surface area contributed by atoms with Gasteiger partial charge < -0.3 is 14.6 Å². The maximum Gasteiger partial charge on any atom is 0.132 e. The summed E-state index contributed by atoms with van der Waals surface area (Å²) in [6, 6.07) is 4.49. The van der Waals surface area contributed by atoms with Crippen LogP contribution in [0, 0.1) is 5.82 Å². The molecule has 0 heterocycles. The highest BCUT2D eigenvalue weighted by atomic mass is 19.1. The minimum Gasteiger partial charge on any atom is -0.493 e. The monoisotopic (exact) mass is 256 g/mol. The van der Waals surface area contributed by atoms with Crippen LogP contribution in [0.2, 0.25) is 0 Å². The van der Waals surface area contributed by atoms with Crippen LogP contribution in [0.5, 0.6) is 5.75 Å². The molecule has 0 aliphatic rings. The van der Waals surface area contributed by atoms with Crippen LogP contribution in [-0.4, -0.2) is 24.4 Å². The molecule has 0 amide bonds. The molecule has 102 valence electrons. The van der Waals surface area contributed by atoms with Gasteiger partial charge >= 0.3 is 0 Å². The van der Waals surface area contributed by atoms with Gasteiger partial charge in [0.1, 0.15) is 11.6 Å². The van der Waals surface area contributed by atoms with Gasteiger partial charge in [0, 0.05) is 25.2 Å². The third-order valence-electron chi connectivity index (χ3n) is 2.95. The number of ether oxygens (including phenoxy) is 2. The first-order valence-electron chi connectivity index (χ1n) is 6.01. The summed E-state index contributed by atoms with van der Waals surface area (Å²) in [6.45, 7) is 5.91. The molecule has 0 saturated carbocycles. The van der Waals surface area contributed by atoms with E-state index < -0.39 is 11.9 Å². The van der Waals surface area contributed by atoms with Crippen molar-refractivity contribution in [2.75, 3.05) is 13.7 Å². The average molecular weight is 256 g/mol. The third-order valence-corrected chi connectivity index (χ3v) is 2.95. The van der Waals surface area contributed by atoms with Crippen LogP contribution in [0.4, 0.5) is 4.39 Å². The van der Waals surface area contributed by atoms with Gasteiger partial charge in [0.2, 0.25) is 0 Å². The lowest BCUT2D eigenvalue weighted by molar-refractivity contribution is 0.00543. The molecule has 0 aliphatic carbocycles. The molecule has 3 nitrogen and oxygen atoms in total. The Morgan fingerprint density at radius 2 is 2.06 bits per heavy atom. The summed E-state index contributed by atoms with van der Waals surface area (Å²) in [5, 5.41) is 9.31. The zero-order chi connectivity index (χ0) is 13.8. The van der Waals surface area contributed by atoms with Gasteiger partial charge in [-0.1, -0.05) is 0 Å². The van der Waals surface area contributed by atoms with Crippen molar-refractivity contribution in [3.63, 3.8) is 0 Å². The summed E-state index contributed by atoms with van der Waals surface area (Å²) in [5.74, 6) is 0.0114. The molecular weight excluding hydrogens is 235 g/mol. The van der Waals surface area contributed by atoms with Crippen LogP contribution < -0.4 is 4.74 Å². The smallest absolute Gasteiger partial charge is 0.132 e. The number of methoxy groups -OCH3 is 1. The van der Waals surface area contributed by atoms with Crippen LogP contribution >= 0.6 is 0 Å². The summed E-state index contributed by atoms with van der Waals surface area (Å²) in [4.78, 5) is 0. The highest BCUT2D eigenvalue weighted by Gasteiger charge is 2.16. The van der Waals surface area contributed by atoms with E-state index in [1.807, 2.05) is 13.8 Å². The van der Waals surface area contributed by atoms with Crippen LogP contribution in [0.15, 0.2) is 18.2 Å². The Kier molecular flexibility index (Phi) is 5.11. The second kappa shape index (κ2) is 6.16. The van der Waals surface area contributed by atoms with E-state index in [0.29, 0.717) is 18.8 Å². The largest absolute Gasteiger partial charge is 0.493 e. The Bertz CT molecular complexity index is 389. The SMILES string of the molecule is COC(C)(C)CCOc1ccc([C@@H](C)O)c(F)c1. The highest BCUT2D eigenvalue weighted by Crippen LogP contribution is 2.22. The fourth-order valence-electron chi connectivity index (χ4n) is 1.45. The number of benzene rings is 1. The van der Waals surface area contributed by atoms with Crippen LogP contribution in [0.1, 0.15) is 38.9 Å². The highest BCUT2D eigenvalue weighted by molar-refractivity contribution is 5.29. The van der Waals surface area contributed by atoms with Gasteiger partial charge in [0.15, 0.2) is 0 Å². The summed E-state index contributed by atoms with van der Waals surface area (Å²) < 4.78 is 24.3. The van der Waals surface area contributed by atoms with Gasteiger partial charge in [0.25, 0.3) is 0 Å². The van der Waals surface area contributed by atoms with Crippen molar-refractivity contribution in [3.8, 4) is 5.75 Å². The summed E-state index contributed by atoms with van der Waals surface area (Å²) in [5.41, 5.74) is 0.0255. The average Bonchev–Trinajstić information content (AvgIpc) is 2.28. The molecule has 0 aliphatic heterocycles. The van der Waals surface area contributed by atoms with E-state index in [2.05, 4.69) is 0 Å². The first kappa shape index (κ1) is 14.9. The van der Waals surface area contributed by atoms with Gasteiger partial charge in [-0.15, -0.1) is 0 Å². The number of aliphatic hydroxyl groups excluding tert-OH is 1. The van der Waals surface area contributed by atoms with E-state index in [4.69, 9.17) is 9.47 Å². The summed E-state index contributed by atoms with van der Waals surface area (Å²) >= 11 is 0. The lowest BCUT2D eigenvalue weighted by atomic mass is 10.1. The second-order valence-corrected chi connectivity index (χ2v) is 4.92. The number of aliphatic hydroxyl groups is 1. The van der Waals surface area contributed by atoms with E-state index >= 15 is 0 Å². The molecule has 1 atom stereocenters. The Labute approximate surface area is 108 Å². The van der Waals surface area contributed by atoms with Crippen molar-refractivity contribution >= 4 is 0 Å². The Hall–Kier alpha value is -1.13. The fraction of sp³-hybridized carbons (Fsp3) is 0.571. The van der Waals surface area contributed by atoms with Crippen LogP contribution in [0.3, 0.4) is 0 Å². The molecule has 0 unspecified atom stereocenters. The van der Waals surface area contributed by atoms with Gasteiger partial charge in [-0.05, 0) is 32.9 Å². The molecule has 1 N–H and O–H groups in total. The first-order valence-corrected chi connectivity index (χ1v) is 6.01. The number of halogens is 1. The second-order valence-electron chi connectivity index (χ2n) is 4.92. The zero-order valence-corrected chi connectivity index (χ0v) is 11.4. The Morgan fingerprint density at radius 1 is 1.39 bits per heavy atom. The molecule has 1 aromatic carbocycles. The minimum atomic E-state index is -0.813. The summed E-state index contributed by atoms with van der Waals surface area (Å²) in [6.07, 6.45) is -0.102. The quantitative estimate of drug-likeness (QED) is 0.850. The molecule has 0 bridgehead atoms. The van der Waals surface area contributed by atoms with E-state index in [9.17, 15) is 9.50 Å². The van der Waals surface area contributed by atoms with Crippen molar-refractivity contribution in [1.29, 1.82) is 0 Å². The molecular formula is C14H21FO3. The topological polar surface area (TPSA) is 38.7 Å². The van der Waals surface area contributed by atoms with E-state index in [0.717, 1.165) is 0 Å². The number of hydrogen-bond acceptors (Lipinski definition) is 3. The van der Waals surface area contributed by atoms with Crippen molar-refractivity contribution in [1.82, 2.24) is 0 Å². The zero-order valence-electron chi connectivity index (χ0n) is 11.4. The van der Waals surface area contributed by atoms with Crippen LogP contribution in [0.25, 0.3) is 0 Å². The minimum absolute atomic E-state index is 0.252. The van der Waals surface area contributed by atoms with Crippen LogP contribution in [-0.2, 0) is 4.74 Å². The van der Waals surface area contributed by atoms with E-state index in [1.165, 1.54) is 19.1 Å². The van der Waals surface area contributed by atoms with Gasteiger partial charge in [0.05, 0.1) is 18.3 Å². The Morgan fingerprint density at radius 3 is 2.56 bits per heavy atom. The van der Waals surface area contributed by atoms with Crippen molar-refractivity contribution in [2.45, 2.75) is 38.9 Å². The molecule has 0 spiro atoms. The molecule has 0 aromatic heterocycles. The molecule has 1 rings (SSSR count). The summed E-state index contributed by atoms with van der Waals surface area (Å²) in [7, 11) is 1.65. The van der Waals surface area contributed by atoms with Crippen molar-refractivity contribution in [2.24, 2.45) is 0 Å². The van der Waals surface area contributed by atoms with E-state index in [1.54, 1.807) is 13.2 Å². The normalized spacial score (nSPS) is 13.4. The Balaban J connectivity index is 2.57. The van der Waals surface area contributed by atoms with Crippen molar-refractivity contribution < 1.29 is 19.0 Å². The van der Waals surface area contributed by atoms with Gasteiger partial charge in [-0.25, -0.2) is 4.39 Å². The van der Waals surface area contributed by atoms with Gasteiger partial charge in [-0.2, -0.15) is 0 Å².